The van der Waals surface area contributed by atoms with Crippen LogP contribution >= 0.6 is 0 Å². The summed E-state index contributed by atoms with van der Waals surface area (Å²) in [6.45, 7) is 0. The van der Waals surface area contributed by atoms with E-state index in [0.29, 0.717) is 5.54 Å². The third-order valence-electron chi connectivity index (χ3n) is 3.02. The van der Waals surface area contributed by atoms with Gasteiger partial charge in [0.05, 0.1) is 0 Å². The second-order valence-corrected chi connectivity index (χ2v) is 5.66. The van der Waals surface area contributed by atoms with E-state index < -0.39 is 0 Å². The monoisotopic (exact) mass is 321 g/mol. The van der Waals surface area contributed by atoms with Crippen molar-refractivity contribution in [3.05, 3.63) is 0 Å². The fourth-order valence-electron chi connectivity index (χ4n) is 2.43. The van der Waals surface area contributed by atoms with Gasteiger partial charge in [-0.2, -0.15) is 0 Å². The molecule has 0 aromatic rings. The third kappa shape index (κ3) is 1.65. The molecule has 2 aliphatic rings. The first-order chi connectivity index (χ1) is 5.31. The predicted octanol–water partition coefficient (Wildman–Crippen LogP) is 1.75. The standard InChI is InChI=1S/C9H15N.W/c1-2-6-9(5-1)7-3-4-8-10-9;/h10H,1-7H2;. The molecule has 1 heterocycles. The maximum absolute atomic E-state index is 3.75. The first kappa shape index (κ1) is 8.13. The second kappa shape index (κ2) is 3.11. The molecule has 1 aliphatic heterocycles. The fourth-order valence-corrected chi connectivity index (χ4v) is 3.73. The van der Waals surface area contributed by atoms with E-state index in [4.69, 9.17) is 0 Å². The molecular weight excluding hydrogens is 306 g/mol. The molecule has 0 aromatic heterocycles. The van der Waals surface area contributed by atoms with Gasteiger partial charge in [-0.25, -0.2) is 0 Å². The zero-order valence-electron chi connectivity index (χ0n) is 6.86. The van der Waals surface area contributed by atoms with E-state index in [1.165, 1.54) is 44.9 Å². The average Bonchev–Trinajstić information content (AvgIpc) is 2.37. The topological polar surface area (TPSA) is 12.0 Å². The van der Waals surface area contributed by atoms with Gasteiger partial charge in [0.25, 0.3) is 0 Å². The molecule has 11 heavy (non-hydrogen) atoms. The quantitative estimate of drug-likeness (QED) is 0.717. The molecular formula is C9H15NW. The van der Waals surface area contributed by atoms with Gasteiger partial charge >= 0.3 is 79.2 Å². The summed E-state index contributed by atoms with van der Waals surface area (Å²) in [4.78, 5) is 0. The fraction of sp³-hybridized carbons (Fsp3) is 0.889. The van der Waals surface area contributed by atoms with E-state index >= 15 is 0 Å². The Balaban J connectivity index is 2.05. The van der Waals surface area contributed by atoms with Crippen LogP contribution in [0.5, 0.6) is 0 Å². The predicted molar refractivity (Wildman–Crippen MR) is 43.2 cm³/mol. The van der Waals surface area contributed by atoms with E-state index in [2.05, 4.69) is 5.32 Å². The molecule has 0 radical (unpaired) electrons. The minimum absolute atomic E-state index is 0.579. The van der Waals surface area contributed by atoms with Crippen molar-refractivity contribution in [1.82, 2.24) is 5.32 Å². The van der Waals surface area contributed by atoms with Gasteiger partial charge in [-0.15, -0.1) is 0 Å². The summed E-state index contributed by atoms with van der Waals surface area (Å²) in [5.74, 6) is 0. The summed E-state index contributed by atoms with van der Waals surface area (Å²) in [6, 6.07) is 0. The molecule has 0 amide bonds. The van der Waals surface area contributed by atoms with Gasteiger partial charge in [-0.3, -0.25) is 0 Å². The van der Waals surface area contributed by atoms with E-state index in [1.54, 1.807) is 23.4 Å². The van der Waals surface area contributed by atoms with Crippen LogP contribution in [-0.4, -0.2) is 9.56 Å². The van der Waals surface area contributed by atoms with Crippen LogP contribution in [-0.2, 0) is 19.4 Å². The van der Waals surface area contributed by atoms with Gasteiger partial charge in [-0.1, -0.05) is 0 Å². The van der Waals surface area contributed by atoms with Crippen molar-refractivity contribution in [2.24, 2.45) is 0 Å². The van der Waals surface area contributed by atoms with Gasteiger partial charge in [0.1, 0.15) is 0 Å². The molecule has 2 fully saturated rings. The molecule has 1 saturated heterocycles. The summed E-state index contributed by atoms with van der Waals surface area (Å²) in [5, 5.41) is 3.75. The van der Waals surface area contributed by atoms with Crippen LogP contribution in [0, 0.1) is 0 Å². The van der Waals surface area contributed by atoms with E-state index in [-0.39, 0.29) is 0 Å². The maximum atomic E-state index is 3.75. The zero-order chi connectivity index (χ0) is 7.73. The Morgan fingerprint density at radius 3 is 2.36 bits per heavy atom. The Bertz CT molecular complexity index is 170. The summed E-state index contributed by atoms with van der Waals surface area (Å²) < 4.78 is 1.61. The number of piperidine rings is 1. The molecule has 2 heteroatoms. The molecule has 1 saturated carbocycles. The van der Waals surface area contributed by atoms with Crippen molar-refractivity contribution in [3.63, 3.8) is 0 Å². The second-order valence-electron chi connectivity index (χ2n) is 3.89. The Morgan fingerprint density at radius 2 is 1.73 bits per heavy atom. The first-order valence-electron chi connectivity index (χ1n) is 4.62. The van der Waals surface area contributed by atoms with Crippen LogP contribution in [0.15, 0.2) is 0 Å². The van der Waals surface area contributed by atoms with Gasteiger partial charge in [-0.05, 0) is 0 Å². The summed E-state index contributed by atoms with van der Waals surface area (Å²) in [5.41, 5.74) is 0.579. The Morgan fingerprint density at radius 1 is 1.09 bits per heavy atom. The average molecular weight is 321 g/mol. The van der Waals surface area contributed by atoms with Crippen LogP contribution in [0.25, 0.3) is 0 Å². The summed E-state index contributed by atoms with van der Waals surface area (Å²) >= 11 is 1.66. The molecule has 0 bridgehead atoms. The molecule has 1 N–H and O–H groups in total. The Hall–Kier alpha value is 0.518. The normalized spacial score (nSPS) is 29.6. The van der Waals surface area contributed by atoms with Crippen molar-refractivity contribution in [1.29, 1.82) is 0 Å². The molecule has 1 aliphatic carbocycles. The Kier molecular flexibility index (Phi) is 2.30. The molecule has 62 valence electrons. The molecule has 0 unspecified atom stereocenters. The van der Waals surface area contributed by atoms with Crippen LogP contribution < -0.4 is 5.32 Å². The van der Waals surface area contributed by atoms with Crippen LogP contribution in [0.4, 0.5) is 0 Å². The van der Waals surface area contributed by atoms with Crippen LogP contribution in [0.1, 0.15) is 44.9 Å². The van der Waals surface area contributed by atoms with E-state index in [0.717, 1.165) is 0 Å². The van der Waals surface area contributed by atoms with E-state index in [9.17, 15) is 0 Å². The van der Waals surface area contributed by atoms with Crippen molar-refractivity contribution < 1.29 is 19.4 Å². The van der Waals surface area contributed by atoms with Gasteiger partial charge in [0.15, 0.2) is 0 Å². The number of rotatable bonds is 0. The van der Waals surface area contributed by atoms with Crippen molar-refractivity contribution in [2.45, 2.75) is 50.5 Å². The number of hydrogen-bond donors (Lipinski definition) is 1. The van der Waals surface area contributed by atoms with Crippen molar-refractivity contribution >= 4 is 4.02 Å². The van der Waals surface area contributed by atoms with Gasteiger partial charge in [0, 0.05) is 0 Å². The number of hydrogen-bond acceptors (Lipinski definition) is 1. The minimum atomic E-state index is 0.579. The summed E-state index contributed by atoms with van der Waals surface area (Å²) in [7, 11) is 0. The molecule has 0 atom stereocenters. The first-order valence-corrected chi connectivity index (χ1v) is 6.09. The van der Waals surface area contributed by atoms with Crippen molar-refractivity contribution in [2.75, 3.05) is 0 Å². The van der Waals surface area contributed by atoms with Crippen molar-refractivity contribution in [3.8, 4) is 0 Å². The molecule has 0 aromatic carbocycles. The molecule has 1 nitrogen and oxygen atoms in total. The third-order valence-corrected chi connectivity index (χ3v) is 4.12. The van der Waals surface area contributed by atoms with Gasteiger partial charge in [0.2, 0.25) is 0 Å². The van der Waals surface area contributed by atoms with Crippen LogP contribution in [0.2, 0.25) is 0 Å². The molecule has 1 spiro atoms. The van der Waals surface area contributed by atoms with Crippen LogP contribution in [0.3, 0.4) is 0 Å². The zero-order valence-corrected chi connectivity index (χ0v) is 9.79. The Labute approximate surface area is 79.4 Å². The van der Waals surface area contributed by atoms with Gasteiger partial charge < -0.3 is 0 Å². The van der Waals surface area contributed by atoms with E-state index in [1.807, 2.05) is 0 Å². The SMILES string of the molecule is [W]=[C]1CCCC2(CCCC2)N1. The summed E-state index contributed by atoms with van der Waals surface area (Å²) in [6.07, 6.45) is 9.99. The molecule has 2 rings (SSSR count). The number of nitrogens with one attached hydrogen (secondary N) is 1.